The molecule has 1 aliphatic heterocycles. The molecule has 5 heteroatoms. The number of nitrogen functional groups attached to an aromatic ring is 1. The van der Waals surface area contributed by atoms with Crippen molar-refractivity contribution in [2.45, 2.75) is 6.42 Å². The minimum Gasteiger partial charge on any atom is -0.399 e. The van der Waals surface area contributed by atoms with Gasteiger partial charge in [0.05, 0.1) is 12.2 Å². The predicted octanol–water partition coefficient (Wildman–Crippen LogP) is 1.83. The number of rotatable bonds is 3. The van der Waals surface area contributed by atoms with Gasteiger partial charge >= 0.3 is 0 Å². The van der Waals surface area contributed by atoms with Gasteiger partial charge in [-0.3, -0.25) is 4.79 Å². The quantitative estimate of drug-likeness (QED) is 0.669. The van der Waals surface area contributed by atoms with Crippen molar-refractivity contribution in [2.75, 3.05) is 32.5 Å². The Kier molecular flexibility index (Phi) is 4.16. The molecule has 19 heavy (non-hydrogen) atoms. The van der Waals surface area contributed by atoms with Crippen LogP contribution in [0.1, 0.15) is 16.8 Å². The van der Waals surface area contributed by atoms with E-state index in [0.717, 1.165) is 6.42 Å². The molecule has 0 fully saturated rings. The molecule has 0 saturated carbocycles. The van der Waals surface area contributed by atoms with Crippen molar-refractivity contribution in [1.82, 2.24) is 4.90 Å². The van der Waals surface area contributed by atoms with E-state index in [-0.39, 0.29) is 11.5 Å². The molecule has 0 spiro atoms. The van der Waals surface area contributed by atoms with E-state index < -0.39 is 5.82 Å². The van der Waals surface area contributed by atoms with Crippen molar-refractivity contribution in [3.05, 3.63) is 41.2 Å². The molecule has 0 atom stereocenters. The fraction of sp³-hybridized carbons (Fsp3) is 0.357. The summed E-state index contributed by atoms with van der Waals surface area (Å²) in [6, 6.07) is 4.14. The first-order valence-electron chi connectivity index (χ1n) is 6.13. The number of ether oxygens (including phenoxy) is 1. The summed E-state index contributed by atoms with van der Waals surface area (Å²) in [7, 11) is 1.64. The second-order valence-electron chi connectivity index (χ2n) is 4.54. The largest absolute Gasteiger partial charge is 0.399 e. The zero-order valence-electron chi connectivity index (χ0n) is 10.9. The number of nitrogens with two attached hydrogens (primary N) is 1. The van der Waals surface area contributed by atoms with Crippen LogP contribution in [0.2, 0.25) is 0 Å². The Morgan fingerprint density at radius 3 is 2.89 bits per heavy atom. The molecule has 1 aromatic carbocycles. The highest BCUT2D eigenvalue weighted by Gasteiger charge is 2.21. The lowest BCUT2D eigenvalue weighted by atomic mass is 10.1. The van der Waals surface area contributed by atoms with Crippen LogP contribution in [0.3, 0.4) is 0 Å². The molecular formula is C14H17FN2O2. The van der Waals surface area contributed by atoms with E-state index in [1.54, 1.807) is 12.0 Å². The van der Waals surface area contributed by atoms with Gasteiger partial charge in [0.25, 0.3) is 5.91 Å². The minimum absolute atomic E-state index is 0.0674. The minimum atomic E-state index is -0.573. The number of amides is 1. The van der Waals surface area contributed by atoms with Gasteiger partial charge in [0.1, 0.15) is 5.82 Å². The first-order valence-corrected chi connectivity index (χ1v) is 6.13. The standard InChI is InChI=1S/C14H17FN2O2/c1-19-9-10-4-6-17(7-5-10)14(18)12-3-2-11(16)8-13(12)15/h2-4,8H,5-7,9,16H2,1H3. The van der Waals surface area contributed by atoms with Crippen molar-refractivity contribution in [2.24, 2.45) is 0 Å². The summed E-state index contributed by atoms with van der Waals surface area (Å²) >= 11 is 0. The third kappa shape index (κ3) is 3.12. The average molecular weight is 264 g/mol. The first kappa shape index (κ1) is 13.5. The zero-order chi connectivity index (χ0) is 13.8. The number of anilines is 1. The predicted molar refractivity (Wildman–Crippen MR) is 71.3 cm³/mol. The summed E-state index contributed by atoms with van der Waals surface area (Å²) in [5.41, 5.74) is 7.02. The molecule has 0 unspecified atom stereocenters. The van der Waals surface area contributed by atoms with Gasteiger partial charge in [0.15, 0.2) is 0 Å². The summed E-state index contributed by atoms with van der Waals surface area (Å²) in [4.78, 5) is 13.8. The van der Waals surface area contributed by atoms with Crippen LogP contribution in [0.5, 0.6) is 0 Å². The second kappa shape index (κ2) is 5.84. The topological polar surface area (TPSA) is 55.6 Å². The Hall–Kier alpha value is -1.88. The third-order valence-electron chi connectivity index (χ3n) is 3.14. The molecule has 0 saturated heterocycles. The third-order valence-corrected chi connectivity index (χ3v) is 3.14. The average Bonchev–Trinajstić information content (AvgIpc) is 2.39. The van der Waals surface area contributed by atoms with E-state index in [1.807, 2.05) is 6.08 Å². The maximum absolute atomic E-state index is 13.7. The van der Waals surface area contributed by atoms with Crippen LogP contribution >= 0.6 is 0 Å². The summed E-state index contributed by atoms with van der Waals surface area (Å²) < 4.78 is 18.7. The molecule has 1 heterocycles. The highest BCUT2D eigenvalue weighted by molar-refractivity contribution is 5.95. The molecule has 2 rings (SSSR count). The summed E-state index contributed by atoms with van der Waals surface area (Å²) in [5, 5.41) is 0. The molecule has 4 nitrogen and oxygen atoms in total. The van der Waals surface area contributed by atoms with Crippen LogP contribution in [0.25, 0.3) is 0 Å². The van der Waals surface area contributed by atoms with Gasteiger partial charge in [-0.1, -0.05) is 6.08 Å². The van der Waals surface area contributed by atoms with Gasteiger partial charge in [0.2, 0.25) is 0 Å². The Morgan fingerprint density at radius 1 is 1.53 bits per heavy atom. The van der Waals surface area contributed by atoms with E-state index in [9.17, 15) is 9.18 Å². The smallest absolute Gasteiger partial charge is 0.257 e. The van der Waals surface area contributed by atoms with Crippen molar-refractivity contribution >= 4 is 11.6 Å². The molecule has 0 aromatic heterocycles. The molecular weight excluding hydrogens is 247 g/mol. The van der Waals surface area contributed by atoms with Crippen LogP contribution in [-0.4, -0.2) is 37.6 Å². The zero-order valence-corrected chi connectivity index (χ0v) is 10.9. The summed E-state index contributed by atoms with van der Waals surface area (Å²) in [5.74, 6) is -0.873. The van der Waals surface area contributed by atoms with Crippen molar-refractivity contribution in [3.63, 3.8) is 0 Å². The van der Waals surface area contributed by atoms with Gasteiger partial charge in [-0.15, -0.1) is 0 Å². The molecule has 102 valence electrons. The maximum Gasteiger partial charge on any atom is 0.257 e. The Bertz CT molecular complexity index is 514. The van der Waals surface area contributed by atoms with Crippen LogP contribution in [0, 0.1) is 5.82 Å². The molecule has 0 bridgehead atoms. The fourth-order valence-corrected chi connectivity index (χ4v) is 2.09. The summed E-state index contributed by atoms with van der Waals surface area (Å²) in [6.45, 7) is 1.65. The van der Waals surface area contributed by atoms with Crippen molar-refractivity contribution in [1.29, 1.82) is 0 Å². The molecule has 2 N–H and O–H groups in total. The number of carbonyl (C=O) groups is 1. The number of carbonyl (C=O) groups excluding carboxylic acids is 1. The number of hydrogen-bond donors (Lipinski definition) is 1. The van der Waals surface area contributed by atoms with Gasteiger partial charge < -0.3 is 15.4 Å². The van der Waals surface area contributed by atoms with Gasteiger partial charge in [-0.05, 0) is 30.2 Å². The molecule has 0 aliphatic carbocycles. The molecule has 1 aromatic rings. The Morgan fingerprint density at radius 2 is 2.32 bits per heavy atom. The Balaban J connectivity index is 2.09. The lowest BCUT2D eigenvalue weighted by Crippen LogP contribution is -2.35. The number of benzene rings is 1. The van der Waals surface area contributed by atoms with Crippen LogP contribution < -0.4 is 5.73 Å². The molecule has 1 amide bonds. The lowest BCUT2D eigenvalue weighted by molar-refractivity contribution is 0.0760. The molecule has 1 aliphatic rings. The van der Waals surface area contributed by atoms with Crippen LogP contribution in [0.15, 0.2) is 29.8 Å². The van der Waals surface area contributed by atoms with Gasteiger partial charge in [-0.2, -0.15) is 0 Å². The van der Waals surface area contributed by atoms with Gasteiger partial charge in [0, 0.05) is 25.9 Å². The summed E-state index contributed by atoms with van der Waals surface area (Å²) in [6.07, 6.45) is 2.72. The van der Waals surface area contributed by atoms with E-state index in [4.69, 9.17) is 10.5 Å². The lowest BCUT2D eigenvalue weighted by Gasteiger charge is -2.26. The maximum atomic E-state index is 13.7. The van der Waals surface area contributed by atoms with Gasteiger partial charge in [-0.25, -0.2) is 4.39 Å². The SMILES string of the molecule is COCC1=CCN(C(=O)c2ccc(N)cc2F)CC1. The normalized spacial score (nSPS) is 15.3. The fourth-order valence-electron chi connectivity index (χ4n) is 2.09. The first-order chi connectivity index (χ1) is 9.11. The van der Waals surface area contributed by atoms with E-state index in [1.165, 1.54) is 23.8 Å². The number of halogens is 1. The second-order valence-corrected chi connectivity index (χ2v) is 4.54. The van der Waals surface area contributed by atoms with Crippen LogP contribution in [-0.2, 0) is 4.74 Å². The van der Waals surface area contributed by atoms with E-state index >= 15 is 0 Å². The number of methoxy groups -OCH3 is 1. The monoisotopic (exact) mass is 264 g/mol. The van der Waals surface area contributed by atoms with E-state index in [2.05, 4.69) is 0 Å². The highest BCUT2D eigenvalue weighted by Crippen LogP contribution is 2.17. The van der Waals surface area contributed by atoms with E-state index in [0.29, 0.717) is 25.4 Å². The highest BCUT2D eigenvalue weighted by atomic mass is 19.1. The van der Waals surface area contributed by atoms with Crippen molar-refractivity contribution < 1.29 is 13.9 Å². The van der Waals surface area contributed by atoms with Crippen LogP contribution in [0.4, 0.5) is 10.1 Å². The molecule has 0 radical (unpaired) electrons. The van der Waals surface area contributed by atoms with Crippen molar-refractivity contribution in [3.8, 4) is 0 Å². The number of hydrogen-bond acceptors (Lipinski definition) is 3. The Labute approximate surface area is 111 Å². The number of nitrogens with zero attached hydrogens (tertiary/aromatic N) is 1.